The Morgan fingerprint density at radius 1 is 0.816 bits per heavy atom. The lowest BCUT2D eigenvalue weighted by Gasteiger charge is -2.12. The number of pyridine rings is 1. The first-order valence-corrected chi connectivity index (χ1v) is 13.7. The standard InChI is InChI=1S/C31H22N2O4S/c34-31(35)23-14-12-21(13-15-23)26-18-32-30-29(28(26)22-7-3-1-4-8-22)25-17-20(11-16-27(25)33-30)19-38(36,37)24-9-5-2-6-10-24/h1-18H,19H2,(H,32,33)(H,34,35). The molecule has 2 heterocycles. The summed E-state index contributed by atoms with van der Waals surface area (Å²) in [5.74, 6) is -1.10. The molecule has 6 rings (SSSR count). The van der Waals surface area contributed by atoms with Crippen LogP contribution >= 0.6 is 0 Å². The minimum atomic E-state index is -3.52. The molecule has 186 valence electrons. The van der Waals surface area contributed by atoms with Gasteiger partial charge in [0, 0.05) is 33.6 Å². The van der Waals surface area contributed by atoms with E-state index in [0.717, 1.165) is 38.5 Å². The maximum atomic E-state index is 13.1. The van der Waals surface area contributed by atoms with Crippen LogP contribution in [0.3, 0.4) is 0 Å². The van der Waals surface area contributed by atoms with E-state index in [1.54, 1.807) is 60.8 Å². The number of fused-ring (bicyclic) bond motifs is 3. The summed E-state index contributed by atoms with van der Waals surface area (Å²) in [6, 6.07) is 30.7. The van der Waals surface area contributed by atoms with E-state index in [4.69, 9.17) is 4.98 Å². The zero-order valence-electron chi connectivity index (χ0n) is 20.1. The second-order valence-corrected chi connectivity index (χ2v) is 11.1. The summed E-state index contributed by atoms with van der Waals surface area (Å²) >= 11 is 0. The molecule has 4 aromatic carbocycles. The molecule has 0 saturated heterocycles. The van der Waals surface area contributed by atoms with E-state index in [1.807, 2.05) is 48.5 Å². The first-order valence-electron chi connectivity index (χ1n) is 12.0. The molecule has 0 bridgehead atoms. The normalized spacial score (nSPS) is 11.7. The van der Waals surface area contributed by atoms with Crippen molar-refractivity contribution in [1.29, 1.82) is 0 Å². The Morgan fingerprint density at radius 2 is 1.50 bits per heavy atom. The van der Waals surface area contributed by atoms with E-state index in [2.05, 4.69) is 4.98 Å². The van der Waals surface area contributed by atoms with E-state index in [0.29, 0.717) is 11.2 Å². The van der Waals surface area contributed by atoms with Gasteiger partial charge in [-0.3, -0.25) is 0 Å². The topological polar surface area (TPSA) is 100 Å². The van der Waals surface area contributed by atoms with Gasteiger partial charge in [0.1, 0.15) is 5.65 Å². The molecule has 0 unspecified atom stereocenters. The fourth-order valence-electron chi connectivity index (χ4n) is 4.84. The molecule has 7 heteroatoms. The lowest BCUT2D eigenvalue weighted by Crippen LogP contribution is -2.04. The number of rotatable bonds is 6. The lowest BCUT2D eigenvalue weighted by atomic mass is 9.92. The van der Waals surface area contributed by atoms with Crippen LogP contribution in [0.2, 0.25) is 0 Å². The molecule has 6 nitrogen and oxygen atoms in total. The molecular formula is C31H22N2O4S. The van der Waals surface area contributed by atoms with Gasteiger partial charge in [-0.25, -0.2) is 18.2 Å². The fraction of sp³-hybridized carbons (Fsp3) is 0.0323. The van der Waals surface area contributed by atoms with E-state index >= 15 is 0 Å². The summed E-state index contributed by atoms with van der Waals surface area (Å²) < 4.78 is 26.2. The van der Waals surface area contributed by atoms with Crippen molar-refractivity contribution in [3.63, 3.8) is 0 Å². The van der Waals surface area contributed by atoms with Crippen LogP contribution in [0.25, 0.3) is 44.2 Å². The Kier molecular flexibility index (Phi) is 5.77. The minimum absolute atomic E-state index is 0.121. The number of aromatic carboxylic acids is 1. The van der Waals surface area contributed by atoms with E-state index in [-0.39, 0.29) is 16.2 Å². The average Bonchev–Trinajstić information content (AvgIpc) is 3.31. The summed E-state index contributed by atoms with van der Waals surface area (Å²) in [7, 11) is -3.52. The number of benzene rings is 4. The SMILES string of the molecule is O=C(O)c1ccc(-c2cnc3[nH]c4ccc(CS(=O)(=O)c5ccccc5)cc4c3c2-c2ccccc2)cc1. The van der Waals surface area contributed by atoms with Crippen LogP contribution in [0.1, 0.15) is 15.9 Å². The Bertz CT molecular complexity index is 1910. The van der Waals surface area contributed by atoms with Gasteiger partial charge in [0.15, 0.2) is 9.84 Å². The van der Waals surface area contributed by atoms with Gasteiger partial charge in [0.2, 0.25) is 0 Å². The van der Waals surface area contributed by atoms with Crippen molar-refractivity contribution in [2.45, 2.75) is 10.6 Å². The van der Waals surface area contributed by atoms with Crippen molar-refractivity contribution in [3.05, 3.63) is 120 Å². The monoisotopic (exact) mass is 518 g/mol. The Balaban J connectivity index is 1.57. The summed E-state index contributed by atoms with van der Waals surface area (Å²) in [5, 5.41) is 11.1. The Morgan fingerprint density at radius 3 is 2.18 bits per heavy atom. The van der Waals surface area contributed by atoms with E-state index < -0.39 is 15.8 Å². The van der Waals surface area contributed by atoms with Crippen molar-refractivity contribution in [2.24, 2.45) is 0 Å². The highest BCUT2D eigenvalue weighted by Crippen LogP contribution is 2.40. The quantitative estimate of drug-likeness (QED) is 0.255. The third kappa shape index (κ3) is 4.23. The summed E-state index contributed by atoms with van der Waals surface area (Å²) in [6.07, 6.45) is 1.79. The molecule has 38 heavy (non-hydrogen) atoms. The maximum absolute atomic E-state index is 13.1. The Labute approximate surface area is 219 Å². The molecule has 0 aliphatic carbocycles. The largest absolute Gasteiger partial charge is 0.478 e. The van der Waals surface area contributed by atoms with Gasteiger partial charge >= 0.3 is 5.97 Å². The molecule has 0 atom stereocenters. The number of H-pyrrole nitrogens is 1. The number of hydrogen-bond acceptors (Lipinski definition) is 4. The molecule has 0 aliphatic heterocycles. The predicted molar refractivity (Wildman–Crippen MR) is 149 cm³/mol. The molecule has 2 N–H and O–H groups in total. The highest BCUT2D eigenvalue weighted by atomic mass is 32.2. The minimum Gasteiger partial charge on any atom is -0.478 e. The third-order valence-electron chi connectivity index (χ3n) is 6.65. The van der Waals surface area contributed by atoms with Crippen molar-refractivity contribution in [2.75, 3.05) is 0 Å². The third-order valence-corrected chi connectivity index (χ3v) is 8.35. The van der Waals surface area contributed by atoms with Crippen molar-refractivity contribution < 1.29 is 18.3 Å². The number of carboxylic acid groups (broad SMARTS) is 1. The number of sulfone groups is 1. The summed E-state index contributed by atoms with van der Waals surface area (Å²) in [4.78, 5) is 19.8. The molecule has 0 saturated carbocycles. The van der Waals surface area contributed by atoms with Crippen molar-refractivity contribution in [1.82, 2.24) is 9.97 Å². The number of carbonyl (C=O) groups is 1. The number of carboxylic acids is 1. The summed E-state index contributed by atoms with van der Waals surface area (Å²) in [5.41, 5.74) is 6.02. The van der Waals surface area contributed by atoms with E-state index in [1.165, 1.54) is 0 Å². The number of aromatic amines is 1. The van der Waals surface area contributed by atoms with Gasteiger partial charge in [-0.15, -0.1) is 0 Å². The maximum Gasteiger partial charge on any atom is 0.335 e. The smallest absolute Gasteiger partial charge is 0.335 e. The molecular weight excluding hydrogens is 496 g/mol. The van der Waals surface area contributed by atoms with Crippen molar-refractivity contribution in [3.8, 4) is 22.3 Å². The van der Waals surface area contributed by atoms with Crippen LogP contribution in [-0.2, 0) is 15.6 Å². The van der Waals surface area contributed by atoms with Crippen molar-refractivity contribution >= 4 is 37.7 Å². The molecule has 0 amide bonds. The highest BCUT2D eigenvalue weighted by molar-refractivity contribution is 7.90. The van der Waals surface area contributed by atoms with Gasteiger partial charge in [0.05, 0.1) is 16.2 Å². The van der Waals surface area contributed by atoms with Gasteiger partial charge in [0.25, 0.3) is 0 Å². The number of nitrogens with zero attached hydrogens (tertiary/aromatic N) is 1. The van der Waals surface area contributed by atoms with Crippen LogP contribution < -0.4 is 0 Å². The molecule has 0 radical (unpaired) electrons. The second-order valence-electron chi connectivity index (χ2n) is 9.10. The number of aromatic nitrogens is 2. The van der Waals surface area contributed by atoms with Crippen LogP contribution in [0, 0.1) is 0 Å². The molecule has 0 aliphatic rings. The average molecular weight is 519 g/mol. The van der Waals surface area contributed by atoms with Crippen LogP contribution in [-0.4, -0.2) is 29.5 Å². The lowest BCUT2D eigenvalue weighted by molar-refractivity contribution is 0.0697. The second kappa shape index (κ2) is 9.28. The Hall–Kier alpha value is -4.75. The number of nitrogens with one attached hydrogen (secondary N) is 1. The van der Waals surface area contributed by atoms with Crippen LogP contribution in [0.4, 0.5) is 0 Å². The van der Waals surface area contributed by atoms with E-state index in [9.17, 15) is 18.3 Å². The molecule has 6 aromatic rings. The van der Waals surface area contributed by atoms with Gasteiger partial charge in [-0.1, -0.05) is 66.7 Å². The van der Waals surface area contributed by atoms with Gasteiger partial charge in [-0.2, -0.15) is 0 Å². The van der Waals surface area contributed by atoms with Crippen LogP contribution in [0.15, 0.2) is 114 Å². The highest BCUT2D eigenvalue weighted by Gasteiger charge is 2.20. The molecule has 0 fully saturated rings. The van der Waals surface area contributed by atoms with Gasteiger partial charge in [-0.05, 0) is 53.1 Å². The first kappa shape index (κ1) is 23.6. The van der Waals surface area contributed by atoms with Crippen LogP contribution in [0.5, 0.6) is 0 Å². The summed E-state index contributed by atoms with van der Waals surface area (Å²) in [6.45, 7) is 0. The zero-order chi connectivity index (χ0) is 26.3. The predicted octanol–water partition coefficient (Wildman–Crippen LogP) is 6.72. The molecule has 0 spiro atoms. The fourth-order valence-corrected chi connectivity index (χ4v) is 6.20. The first-order chi connectivity index (χ1) is 18.4. The van der Waals surface area contributed by atoms with Gasteiger partial charge < -0.3 is 10.1 Å². The number of hydrogen-bond donors (Lipinski definition) is 2. The molecule has 2 aromatic heterocycles. The zero-order valence-corrected chi connectivity index (χ0v) is 20.9.